The number of nitrogens with two attached hydrogens (primary N) is 1. The highest BCUT2D eigenvalue weighted by Crippen LogP contribution is 2.20. The van der Waals surface area contributed by atoms with Crippen LogP contribution in [0.2, 0.25) is 0 Å². The Balaban J connectivity index is 2.12. The van der Waals surface area contributed by atoms with Crippen LogP contribution in [0.5, 0.6) is 5.75 Å². The van der Waals surface area contributed by atoms with Crippen LogP contribution in [0.3, 0.4) is 0 Å². The minimum Gasteiger partial charge on any atom is -0.496 e. The van der Waals surface area contributed by atoms with Crippen molar-refractivity contribution in [2.75, 3.05) is 13.7 Å². The fourth-order valence-electron chi connectivity index (χ4n) is 2.02. The van der Waals surface area contributed by atoms with Crippen molar-refractivity contribution in [3.8, 4) is 5.75 Å². The van der Waals surface area contributed by atoms with Crippen LogP contribution in [0.1, 0.15) is 23.2 Å². The van der Waals surface area contributed by atoms with E-state index in [4.69, 9.17) is 10.5 Å². The zero-order valence-corrected chi connectivity index (χ0v) is 11.5. The molecule has 0 fully saturated rings. The predicted molar refractivity (Wildman–Crippen MR) is 74.2 cm³/mol. The summed E-state index contributed by atoms with van der Waals surface area (Å²) in [6.45, 7) is 3.41. The fraction of sp³-hybridized carbons (Fsp3) is 0.429. The lowest BCUT2D eigenvalue weighted by molar-refractivity contribution is 0.407. The number of ether oxygens (including phenoxy) is 1. The monoisotopic (exact) mass is 260 g/mol. The molecule has 1 aromatic heterocycles. The van der Waals surface area contributed by atoms with E-state index in [2.05, 4.69) is 23.3 Å². The first kappa shape index (κ1) is 13.5. The molecule has 0 radical (unpaired) electrons. The normalized spacial score (nSPS) is 10.7. The van der Waals surface area contributed by atoms with Gasteiger partial charge in [-0.25, -0.2) is 4.68 Å². The Kier molecular flexibility index (Phi) is 4.52. The number of aryl methyl sites for hydroxylation is 2. The van der Waals surface area contributed by atoms with Crippen LogP contribution < -0.4 is 10.5 Å². The maximum atomic E-state index is 5.49. The van der Waals surface area contributed by atoms with Gasteiger partial charge in [0.2, 0.25) is 0 Å². The Morgan fingerprint density at radius 3 is 2.95 bits per heavy atom. The lowest BCUT2D eigenvalue weighted by Crippen LogP contribution is -2.03. The first-order valence-electron chi connectivity index (χ1n) is 6.45. The van der Waals surface area contributed by atoms with Gasteiger partial charge in [-0.3, -0.25) is 0 Å². The Hall–Kier alpha value is -1.88. The van der Waals surface area contributed by atoms with Crippen LogP contribution in [0, 0.1) is 6.92 Å². The molecule has 5 heteroatoms. The highest BCUT2D eigenvalue weighted by atomic mass is 16.5. The van der Waals surface area contributed by atoms with Crippen molar-refractivity contribution in [2.24, 2.45) is 5.73 Å². The molecule has 0 aliphatic carbocycles. The summed E-state index contributed by atoms with van der Waals surface area (Å²) in [6.07, 6.45) is 3.78. The molecule has 0 aliphatic rings. The fourth-order valence-corrected chi connectivity index (χ4v) is 2.02. The highest BCUT2D eigenvalue weighted by Gasteiger charge is 2.06. The van der Waals surface area contributed by atoms with Crippen molar-refractivity contribution in [3.63, 3.8) is 0 Å². The van der Waals surface area contributed by atoms with Gasteiger partial charge < -0.3 is 10.5 Å². The van der Waals surface area contributed by atoms with Crippen molar-refractivity contribution in [3.05, 3.63) is 41.2 Å². The molecule has 1 aromatic carbocycles. The van der Waals surface area contributed by atoms with Gasteiger partial charge in [0.15, 0.2) is 0 Å². The average Bonchev–Trinajstić information content (AvgIpc) is 2.84. The van der Waals surface area contributed by atoms with E-state index in [1.54, 1.807) is 7.11 Å². The summed E-state index contributed by atoms with van der Waals surface area (Å²) in [5, 5.41) is 8.28. The van der Waals surface area contributed by atoms with Gasteiger partial charge >= 0.3 is 0 Å². The Morgan fingerprint density at radius 1 is 1.37 bits per heavy atom. The second-order valence-corrected chi connectivity index (χ2v) is 4.61. The zero-order valence-electron chi connectivity index (χ0n) is 11.5. The van der Waals surface area contributed by atoms with Gasteiger partial charge in [-0.2, -0.15) is 0 Å². The molecule has 0 spiro atoms. The van der Waals surface area contributed by atoms with Gasteiger partial charge in [0.25, 0.3) is 0 Å². The van der Waals surface area contributed by atoms with Crippen LogP contribution in [-0.2, 0) is 13.0 Å². The number of aromatic nitrogens is 3. The number of rotatable bonds is 6. The van der Waals surface area contributed by atoms with E-state index >= 15 is 0 Å². The van der Waals surface area contributed by atoms with E-state index in [0.29, 0.717) is 13.1 Å². The van der Waals surface area contributed by atoms with Gasteiger partial charge in [-0.05, 0) is 32.4 Å². The second kappa shape index (κ2) is 6.33. The number of hydrogen-bond acceptors (Lipinski definition) is 4. The molecule has 5 nitrogen and oxygen atoms in total. The molecule has 0 unspecified atom stereocenters. The molecular weight excluding hydrogens is 240 g/mol. The molecule has 2 rings (SSSR count). The Morgan fingerprint density at radius 2 is 2.21 bits per heavy atom. The van der Waals surface area contributed by atoms with Crippen LogP contribution in [0.25, 0.3) is 0 Å². The van der Waals surface area contributed by atoms with Crippen molar-refractivity contribution in [2.45, 2.75) is 26.3 Å². The lowest BCUT2D eigenvalue weighted by atomic mass is 10.1. The highest BCUT2D eigenvalue weighted by molar-refractivity contribution is 5.36. The second-order valence-electron chi connectivity index (χ2n) is 4.61. The van der Waals surface area contributed by atoms with E-state index in [0.717, 1.165) is 29.8 Å². The average molecular weight is 260 g/mol. The van der Waals surface area contributed by atoms with Gasteiger partial charge in [-0.15, -0.1) is 5.10 Å². The summed E-state index contributed by atoms with van der Waals surface area (Å²) in [6, 6.07) is 6.13. The van der Waals surface area contributed by atoms with Crippen molar-refractivity contribution < 1.29 is 4.74 Å². The number of benzene rings is 1. The molecule has 0 aliphatic heterocycles. The lowest BCUT2D eigenvalue weighted by Gasteiger charge is -2.09. The molecule has 2 aromatic rings. The molecule has 0 saturated carbocycles. The molecule has 102 valence electrons. The molecule has 2 N–H and O–H groups in total. The van der Waals surface area contributed by atoms with E-state index < -0.39 is 0 Å². The topological polar surface area (TPSA) is 66.0 Å². The molecule has 19 heavy (non-hydrogen) atoms. The zero-order chi connectivity index (χ0) is 13.7. The van der Waals surface area contributed by atoms with Crippen LogP contribution in [0.15, 0.2) is 24.4 Å². The summed E-state index contributed by atoms with van der Waals surface area (Å²) < 4.78 is 7.20. The van der Waals surface area contributed by atoms with E-state index in [-0.39, 0.29) is 0 Å². The third-order valence-corrected chi connectivity index (χ3v) is 2.99. The summed E-state index contributed by atoms with van der Waals surface area (Å²) in [7, 11) is 1.68. The minimum atomic E-state index is 0.667. The molecule has 0 atom stereocenters. The summed E-state index contributed by atoms with van der Waals surface area (Å²) in [5.74, 6) is 0.879. The van der Waals surface area contributed by atoms with Gasteiger partial charge in [0.1, 0.15) is 5.75 Å². The minimum absolute atomic E-state index is 0.667. The van der Waals surface area contributed by atoms with Gasteiger partial charge in [-0.1, -0.05) is 22.9 Å². The smallest absolute Gasteiger partial charge is 0.123 e. The van der Waals surface area contributed by atoms with E-state index in [1.165, 1.54) is 5.56 Å². The summed E-state index contributed by atoms with van der Waals surface area (Å²) in [5.41, 5.74) is 8.79. The van der Waals surface area contributed by atoms with Crippen molar-refractivity contribution >= 4 is 0 Å². The van der Waals surface area contributed by atoms with Crippen LogP contribution in [0.4, 0.5) is 0 Å². The largest absolute Gasteiger partial charge is 0.496 e. The maximum absolute atomic E-state index is 5.49. The predicted octanol–water partition coefficient (Wildman–Crippen LogP) is 1.53. The van der Waals surface area contributed by atoms with Gasteiger partial charge in [0.05, 0.1) is 19.3 Å². The van der Waals surface area contributed by atoms with Crippen LogP contribution >= 0.6 is 0 Å². The van der Waals surface area contributed by atoms with E-state index in [9.17, 15) is 0 Å². The molecular formula is C14H20N4O. The maximum Gasteiger partial charge on any atom is 0.123 e. The molecule has 0 bridgehead atoms. The molecule has 0 amide bonds. The Labute approximate surface area is 113 Å². The SMILES string of the molecule is COc1ccc(C)cc1Cn1cc(CCCN)nn1. The third kappa shape index (κ3) is 3.54. The van der Waals surface area contributed by atoms with Crippen LogP contribution in [-0.4, -0.2) is 28.6 Å². The standard InChI is InChI=1S/C14H20N4O/c1-11-5-6-14(19-2)12(8-11)9-18-10-13(16-17-18)4-3-7-15/h5-6,8,10H,3-4,7,9,15H2,1-2H3. The first-order chi connectivity index (χ1) is 9.22. The number of nitrogens with zero attached hydrogens (tertiary/aromatic N) is 3. The van der Waals surface area contributed by atoms with E-state index in [1.807, 2.05) is 23.0 Å². The summed E-state index contributed by atoms with van der Waals surface area (Å²) in [4.78, 5) is 0. The quantitative estimate of drug-likeness (QED) is 0.855. The number of methoxy groups -OCH3 is 1. The third-order valence-electron chi connectivity index (χ3n) is 2.99. The van der Waals surface area contributed by atoms with Crippen molar-refractivity contribution in [1.82, 2.24) is 15.0 Å². The Bertz CT molecular complexity index is 536. The summed E-state index contributed by atoms with van der Waals surface area (Å²) >= 11 is 0. The van der Waals surface area contributed by atoms with Crippen molar-refractivity contribution in [1.29, 1.82) is 0 Å². The number of hydrogen-bond donors (Lipinski definition) is 1. The molecule has 0 saturated heterocycles. The molecule has 1 heterocycles. The van der Waals surface area contributed by atoms with Gasteiger partial charge in [0, 0.05) is 11.8 Å². The first-order valence-corrected chi connectivity index (χ1v) is 6.45.